The fourth-order valence-corrected chi connectivity index (χ4v) is 3.75. The summed E-state index contributed by atoms with van der Waals surface area (Å²) in [4.78, 5) is 1.21. The number of hydrogen-bond donors (Lipinski definition) is 1. The van der Waals surface area contributed by atoms with E-state index >= 15 is 0 Å². The lowest BCUT2D eigenvalue weighted by atomic mass is 10.0. The summed E-state index contributed by atoms with van der Waals surface area (Å²) in [5.41, 5.74) is 3.66. The van der Waals surface area contributed by atoms with Gasteiger partial charge in [0, 0.05) is 17.5 Å². The van der Waals surface area contributed by atoms with Crippen LogP contribution in [0.1, 0.15) is 29.2 Å². The largest absolute Gasteiger partial charge is 0.306 e. The van der Waals surface area contributed by atoms with Crippen LogP contribution in [0.2, 0.25) is 0 Å². The van der Waals surface area contributed by atoms with Crippen LogP contribution in [-0.2, 0) is 6.54 Å². The number of hydrogen-bond acceptors (Lipinski definition) is 2. The molecule has 3 rings (SSSR count). The van der Waals surface area contributed by atoms with E-state index < -0.39 is 0 Å². The van der Waals surface area contributed by atoms with Crippen molar-refractivity contribution in [2.24, 2.45) is 0 Å². The Balaban J connectivity index is 1.75. The fraction of sp³-hybridized carbons (Fsp3) is 0.294. The lowest BCUT2D eigenvalue weighted by Gasteiger charge is -2.26. The molecule has 0 saturated carbocycles. The van der Waals surface area contributed by atoms with Gasteiger partial charge in [0.1, 0.15) is 5.82 Å². The predicted molar refractivity (Wildman–Crippen MR) is 82.5 cm³/mol. The van der Waals surface area contributed by atoms with E-state index in [2.05, 4.69) is 36.5 Å². The number of aryl methyl sites for hydroxylation is 1. The Bertz CT molecular complexity index is 612. The van der Waals surface area contributed by atoms with Gasteiger partial charge >= 0.3 is 0 Å². The highest BCUT2D eigenvalue weighted by Crippen LogP contribution is 2.36. The highest BCUT2D eigenvalue weighted by atomic mass is 32.2. The van der Waals surface area contributed by atoms with E-state index in [0.717, 1.165) is 24.3 Å². The normalized spacial score (nSPS) is 17.8. The van der Waals surface area contributed by atoms with Crippen molar-refractivity contribution in [3.05, 3.63) is 65.0 Å². The molecule has 3 heteroatoms. The third kappa shape index (κ3) is 3.05. The number of benzene rings is 2. The van der Waals surface area contributed by atoms with Crippen LogP contribution in [-0.4, -0.2) is 5.75 Å². The molecule has 0 bridgehead atoms. The second-order valence-corrected chi connectivity index (χ2v) is 6.38. The first kappa shape index (κ1) is 13.7. The minimum atomic E-state index is -0.145. The van der Waals surface area contributed by atoms with E-state index in [1.54, 1.807) is 12.1 Å². The maximum Gasteiger partial charge on any atom is 0.123 e. The highest BCUT2D eigenvalue weighted by Gasteiger charge is 2.20. The average molecular weight is 287 g/mol. The van der Waals surface area contributed by atoms with Crippen LogP contribution in [0, 0.1) is 12.7 Å². The highest BCUT2D eigenvalue weighted by molar-refractivity contribution is 7.99. The maximum atomic E-state index is 13.4. The molecule has 0 aromatic heterocycles. The minimum Gasteiger partial charge on any atom is -0.306 e. The average Bonchev–Trinajstić information content (AvgIpc) is 2.45. The molecule has 1 nitrogen and oxygen atoms in total. The fourth-order valence-electron chi connectivity index (χ4n) is 2.64. The Morgan fingerprint density at radius 1 is 1.25 bits per heavy atom. The third-order valence-corrected chi connectivity index (χ3v) is 4.77. The zero-order valence-electron chi connectivity index (χ0n) is 11.5. The molecule has 0 fully saturated rings. The Labute approximate surface area is 123 Å². The molecule has 1 unspecified atom stereocenters. The Morgan fingerprint density at radius 2 is 2.15 bits per heavy atom. The van der Waals surface area contributed by atoms with Crippen LogP contribution in [0.4, 0.5) is 4.39 Å². The molecule has 1 aliphatic rings. The molecule has 1 atom stereocenters. The van der Waals surface area contributed by atoms with Crippen molar-refractivity contribution in [1.29, 1.82) is 0 Å². The van der Waals surface area contributed by atoms with Crippen molar-refractivity contribution in [3.63, 3.8) is 0 Å². The third-order valence-electron chi connectivity index (χ3n) is 3.65. The molecule has 0 radical (unpaired) electrons. The number of nitrogens with one attached hydrogen (secondary N) is 1. The number of fused-ring (bicyclic) bond motifs is 1. The first-order valence-corrected chi connectivity index (χ1v) is 7.92. The summed E-state index contributed by atoms with van der Waals surface area (Å²) in [7, 11) is 0. The van der Waals surface area contributed by atoms with Crippen LogP contribution >= 0.6 is 11.8 Å². The molecule has 0 spiro atoms. The molecular weight excluding hydrogens is 269 g/mol. The van der Waals surface area contributed by atoms with Crippen molar-refractivity contribution in [3.8, 4) is 0 Å². The SMILES string of the molecule is Cc1cccc(CNC2CCSc3ccc(F)cc32)c1. The molecule has 2 aromatic rings. The van der Waals surface area contributed by atoms with Crippen LogP contribution in [0.25, 0.3) is 0 Å². The lowest BCUT2D eigenvalue weighted by Crippen LogP contribution is -2.24. The summed E-state index contributed by atoms with van der Waals surface area (Å²) in [5, 5.41) is 3.57. The molecule has 20 heavy (non-hydrogen) atoms. The minimum absolute atomic E-state index is 0.145. The van der Waals surface area contributed by atoms with Crippen molar-refractivity contribution in [1.82, 2.24) is 5.32 Å². The van der Waals surface area contributed by atoms with E-state index in [0.29, 0.717) is 0 Å². The van der Waals surface area contributed by atoms with Crippen LogP contribution in [0.5, 0.6) is 0 Å². The summed E-state index contributed by atoms with van der Waals surface area (Å²) in [5.74, 6) is 0.943. The Morgan fingerprint density at radius 3 is 3.00 bits per heavy atom. The van der Waals surface area contributed by atoms with Crippen molar-refractivity contribution >= 4 is 11.8 Å². The van der Waals surface area contributed by atoms with E-state index in [-0.39, 0.29) is 11.9 Å². The van der Waals surface area contributed by atoms with Gasteiger partial charge in [0.15, 0.2) is 0 Å². The smallest absolute Gasteiger partial charge is 0.123 e. The molecule has 2 aromatic carbocycles. The monoisotopic (exact) mass is 287 g/mol. The van der Waals surface area contributed by atoms with Gasteiger partial charge in [0.25, 0.3) is 0 Å². The zero-order chi connectivity index (χ0) is 13.9. The van der Waals surface area contributed by atoms with Gasteiger partial charge in [0.05, 0.1) is 0 Å². The number of thioether (sulfide) groups is 1. The van der Waals surface area contributed by atoms with Crippen LogP contribution in [0.3, 0.4) is 0 Å². The van der Waals surface area contributed by atoms with Gasteiger partial charge in [-0.05, 0) is 48.4 Å². The first-order valence-electron chi connectivity index (χ1n) is 6.93. The lowest BCUT2D eigenvalue weighted by molar-refractivity contribution is 0.504. The summed E-state index contributed by atoms with van der Waals surface area (Å²) >= 11 is 1.82. The van der Waals surface area contributed by atoms with Crippen molar-refractivity contribution in [2.45, 2.75) is 30.8 Å². The Kier molecular flexibility index (Phi) is 4.08. The number of rotatable bonds is 3. The van der Waals surface area contributed by atoms with Crippen LogP contribution in [0.15, 0.2) is 47.4 Å². The van der Waals surface area contributed by atoms with E-state index in [9.17, 15) is 4.39 Å². The van der Waals surface area contributed by atoms with Gasteiger partial charge < -0.3 is 5.32 Å². The van der Waals surface area contributed by atoms with Gasteiger partial charge in [0.2, 0.25) is 0 Å². The summed E-state index contributed by atoms with van der Waals surface area (Å²) < 4.78 is 13.4. The van der Waals surface area contributed by atoms with E-state index in [1.165, 1.54) is 16.0 Å². The van der Waals surface area contributed by atoms with Gasteiger partial charge in [-0.2, -0.15) is 0 Å². The van der Waals surface area contributed by atoms with Gasteiger partial charge in [-0.25, -0.2) is 4.39 Å². The molecular formula is C17H18FNS. The molecule has 1 heterocycles. The predicted octanol–water partition coefficient (Wildman–Crippen LogP) is 4.46. The molecule has 1 N–H and O–H groups in total. The summed E-state index contributed by atoms with van der Waals surface area (Å²) in [6, 6.07) is 13.9. The standard InChI is InChI=1S/C17H18FNS/c1-12-3-2-4-13(9-12)11-19-16-7-8-20-17-6-5-14(18)10-15(16)17/h2-6,9-10,16,19H,7-8,11H2,1H3. The summed E-state index contributed by atoms with van der Waals surface area (Å²) in [6.07, 6.45) is 1.05. The summed E-state index contributed by atoms with van der Waals surface area (Å²) in [6.45, 7) is 2.93. The zero-order valence-corrected chi connectivity index (χ0v) is 12.3. The van der Waals surface area contributed by atoms with E-state index in [1.807, 2.05) is 17.8 Å². The first-order chi connectivity index (χ1) is 9.72. The molecule has 0 saturated heterocycles. The molecule has 0 amide bonds. The Hall–Kier alpha value is -1.32. The molecule has 104 valence electrons. The number of halogens is 1. The van der Waals surface area contributed by atoms with Crippen molar-refractivity contribution < 1.29 is 4.39 Å². The van der Waals surface area contributed by atoms with Crippen molar-refractivity contribution in [2.75, 3.05) is 5.75 Å². The topological polar surface area (TPSA) is 12.0 Å². The van der Waals surface area contributed by atoms with Gasteiger partial charge in [-0.3, -0.25) is 0 Å². The van der Waals surface area contributed by atoms with Gasteiger partial charge in [-0.1, -0.05) is 29.8 Å². The maximum absolute atomic E-state index is 13.4. The second kappa shape index (κ2) is 5.98. The second-order valence-electron chi connectivity index (χ2n) is 5.24. The van der Waals surface area contributed by atoms with Gasteiger partial charge in [-0.15, -0.1) is 11.8 Å². The quantitative estimate of drug-likeness (QED) is 0.894. The van der Waals surface area contributed by atoms with Crippen LogP contribution < -0.4 is 5.32 Å². The molecule has 1 aliphatic heterocycles. The molecule has 0 aliphatic carbocycles. The van der Waals surface area contributed by atoms with E-state index in [4.69, 9.17) is 0 Å².